The van der Waals surface area contributed by atoms with Gasteiger partial charge in [-0.2, -0.15) is 13.2 Å². The number of hydrogen-bond donors (Lipinski definition) is 1. The van der Waals surface area contributed by atoms with Crippen molar-refractivity contribution < 1.29 is 17.9 Å². The minimum Gasteiger partial charge on any atom is -0.492 e. The van der Waals surface area contributed by atoms with Crippen molar-refractivity contribution in [2.24, 2.45) is 5.73 Å². The molecule has 2 rings (SSSR count). The van der Waals surface area contributed by atoms with E-state index in [4.69, 9.17) is 10.5 Å². The van der Waals surface area contributed by atoms with E-state index in [0.717, 1.165) is 34.6 Å². The van der Waals surface area contributed by atoms with E-state index in [1.54, 1.807) is 6.07 Å². The molecule has 2 aromatic carbocycles. The molecule has 0 saturated heterocycles. The third-order valence-electron chi connectivity index (χ3n) is 3.10. The monoisotopic (exact) mass is 331 g/mol. The fourth-order valence-electron chi connectivity index (χ4n) is 2.01. The predicted octanol–water partition coefficient (Wildman–Crippen LogP) is 4.44. The number of benzene rings is 2. The number of rotatable bonds is 4. The predicted molar refractivity (Wildman–Crippen MR) is 83.4 cm³/mol. The Morgan fingerprint density at radius 2 is 1.59 bits per heavy atom. The summed E-state index contributed by atoms with van der Waals surface area (Å²) in [6, 6.07) is 10.6. The van der Waals surface area contributed by atoms with Gasteiger partial charge in [-0.05, 0) is 47.9 Å². The third-order valence-corrected chi connectivity index (χ3v) is 3.10. The summed E-state index contributed by atoms with van der Waals surface area (Å²) in [5, 5.41) is 0. The molecule has 2 N–H and O–H groups in total. The molecule has 0 aromatic heterocycles. The van der Waals surface area contributed by atoms with Crippen LogP contribution in [0, 0.1) is 6.92 Å². The summed E-state index contributed by atoms with van der Waals surface area (Å²) in [4.78, 5) is 0. The van der Waals surface area contributed by atoms with Crippen molar-refractivity contribution >= 4 is 12.4 Å². The Bertz CT molecular complexity index is 612. The van der Waals surface area contributed by atoms with E-state index in [2.05, 4.69) is 0 Å². The van der Waals surface area contributed by atoms with Crippen molar-refractivity contribution in [2.45, 2.75) is 13.1 Å². The molecule has 2 nitrogen and oxygen atoms in total. The van der Waals surface area contributed by atoms with Gasteiger partial charge in [0, 0.05) is 6.54 Å². The van der Waals surface area contributed by atoms with Gasteiger partial charge in [0.15, 0.2) is 0 Å². The molecule has 0 spiro atoms. The zero-order valence-corrected chi connectivity index (χ0v) is 12.8. The van der Waals surface area contributed by atoms with E-state index in [-0.39, 0.29) is 12.4 Å². The molecule has 2 aromatic rings. The number of aryl methyl sites for hydroxylation is 1. The second-order valence-corrected chi connectivity index (χ2v) is 4.69. The third kappa shape index (κ3) is 4.39. The summed E-state index contributed by atoms with van der Waals surface area (Å²) in [5.41, 5.74) is 7.23. The minimum absolute atomic E-state index is 0. The summed E-state index contributed by atoms with van der Waals surface area (Å²) in [6.45, 7) is 2.75. The molecule has 0 amide bonds. The van der Waals surface area contributed by atoms with E-state index in [0.29, 0.717) is 13.2 Å². The first-order valence-corrected chi connectivity index (χ1v) is 6.53. The van der Waals surface area contributed by atoms with Crippen LogP contribution in [0.25, 0.3) is 11.1 Å². The van der Waals surface area contributed by atoms with Crippen LogP contribution in [-0.2, 0) is 6.18 Å². The Morgan fingerprint density at radius 1 is 1.00 bits per heavy atom. The lowest BCUT2D eigenvalue weighted by molar-refractivity contribution is -0.137. The van der Waals surface area contributed by atoms with Gasteiger partial charge in [0.05, 0.1) is 5.56 Å². The molecular weight excluding hydrogens is 315 g/mol. The number of hydrogen-bond acceptors (Lipinski definition) is 2. The smallest absolute Gasteiger partial charge is 0.416 e. The van der Waals surface area contributed by atoms with Gasteiger partial charge in [-0.25, -0.2) is 0 Å². The van der Waals surface area contributed by atoms with E-state index >= 15 is 0 Å². The SMILES string of the molecule is Cc1cc(-c2ccc(C(F)(F)F)cc2)ccc1OCCN.Cl. The zero-order chi connectivity index (χ0) is 15.5. The van der Waals surface area contributed by atoms with Gasteiger partial charge in [0.2, 0.25) is 0 Å². The van der Waals surface area contributed by atoms with Gasteiger partial charge in [0.1, 0.15) is 12.4 Å². The highest BCUT2D eigenvalue weighted by Crippen LogP contribution is 2.32. The van der Waals surface area contributed by atoms with E-state index < -0.39 is 11.7 Å². The molecule has 120 valence electrons. The van der Waals surface area contributed by atoms with Crippen molar-refractivity contribution in [1.82, 2.24) is 0 Å². The Balaban J connectivity index is 0.00000242. The van der Waals surface area contributed by atoms with Crippen LogP contribution < -0.4 is 10.5 Å². The van der Waals surface area contributed by atoms with Crippen LogP contribution in [0.1, 0.15) is 11.1 Å². The van der Waals surface area contributed by atoms with Gasteiger partial charge in [-0.15, -0.1) is 12.4 Å². The topological polar surface area (TPSA) is 35.2 Å². The van der Waals surface area contributed by atoms with E-state index in [1.807, 2.05) is 19.1 Å². The number of nitrogens with two attached hydrogens (primary N) is 1. The largest absolute Gasteiger partial charge is 0.492 e. The maximum Gasteiger partial charge on any atom is 0.416 e. The molecular formula is C16H17ClF3NO. The molecule has 0 heterocycles. The maximum atomic E-state index is 12.5. The number of ether oxygens (including phenoxy) is 1. The van der Waals surface area contributed by atoms with Crippen molar-refractivity contribution in [3.8, 4) is 16.9 Å². The van der Waals surface area contributed by atoms with E-state index in [9.17, 15) is 13.2 Å². The first kappa shape index (κ1) is 18.3. The molecule has 0 aliphatic heterocycles. The second-order valence-electron chi connectivity index (χ2n) is 4.69. The normalized spacial score (nSPS) is 11.0. The Morgan fingerprint density at radius 3 is 2.09 bits per heavy atom. The lowest BCUT2D eigenvalue weighted by atomic mass is 10.0. The van der Waals surface area contributed by atoms with Crippen molar-refractivity contribution in [3.63, 3.8) is 0 Å². The average molecular weight is 332 g/mol. The fourth-order valence-corrected chi connectivity index (χ4v) is 2.01. The summed E-state index contributed by atoms with van der Waals surface area (Å²) in [6.07, 6.45) is -4.31. The van der Waals surface area contributed by atoms with Crippen LogP contribution in [0.5, 0.6) is 5.75 Å². The Hall–Kier alpha value is -1.72. The zero-order valence-electron chi connectivity index (χ0n) is 12.0. The van der Waals surface area contributed by atoms with Gasteiger partial charge in [-0.3, -0.25) is 0 Å². The molecule has 0 saturated carbocycles. The lowest BCUT2D eigenvalue weighted by Crippen LogP contribution is -2.11. The second kappa shape index (κ2) is 7.51. The quantitative estimate of drug-likeness (QED) is 0.899. The average Bonchev–Trinajstić information content (AvgIpc) is 2.45. The maximum absolute atomic E-state index is 12.5. The fraction of sp³-hybridized carbons (Fsp3) is 0.250. The van der Waals surface area contributed by atoms with Gasteiger partial charge in [0.25, 0.3) is 0 Å². The van der Waals surface area contributed by atoms with Gasteiger partial charge < -0.3 is 10.5 Å². The highest BCUT2D eigenvalue weighted by Gasteiger charge is 2.29. The molecule has 0 fully saturated rings. The summed E-state index contributed by atoms with van der Waals surface area (Å²) >= 11 is 0. The van der Waals surface area contributed by atoms with Crippen molar-refractivity contribution in [3.05, 3.63) is 53.6 Å². The molecule has 6 heteroatoms. The van der Waals surface area contributed by atoms with Crippen molar-refractivity contribution in [2.75, 3.05) is 13.2 Å². The Labute approximate surface area is 133 Å². The summed E-state index contributed by atoms with van der Waals surface area (Å²) in [5.74, 6) is 0.733. The summed E-state index contributed by atoms with van der Waals surface area (Å²) in [7, 11) is 0. The van der Waals surface area contributed by atoms with Gasteiger partial charge in [-0.1, -0.05) is 18.2 Å². The molecule has 0 aliphatic carbocycles. The molecule has 0 atom stereocenters. The molecule has 22 heavy (non-hydrogen) atoms. The van der Waals surface area contributed by atoms with Crippen LogP contribution in [0.4, 0.5) is 13.2 Å². The van der Waals surface area contributed by atoms with Crippen LogP contribution in [-0.4, -0.2) is 13.2 Å². The van der Waals surface area contributed by atoms with E-state index in [1.165, 1.54) is 12.1 Å². The molecule has 0 unspecified atom stereocenters. The van der Waals surface area contributed by atoms with Crippen LogP contribution in [0.15, 0.2) is 42.5 Å². The number of alkyl halides is 3. The Kier molecular flexibility index (Phi) is 6.26. The molecule has 0 bridgehead atoms. The number of halogens is 4. The molecule has 0 aliphatic rings. The first-order valence-electron chi connectivity index (χ1n) is 6.53. The van der Waals surface area contributed by atoms with Crippen molar-refractivity contribution in [1.29, 1.82) is 0 Å². The first-order chi connectivity index (χ1) is 9.91. The highest BCUT2D eigenvalue weighted by atomic mass is 35.5. The van der Waals surface area contributed by atoms with Crippen LogP contribution in [0.3, 0.4) is 0 Å². The molecule has 0 radical (unpaired) electrons. The van der Waals surface area contributed by atoms with Crippen LogP contribution >= 0.6 is 12.4 Å². The highest BCUT2D eigenvalue weighted by molar-refractivity contribution is 5.85. The minimum atomic E-state index is -4.31. The lowest BCUT2D eigenvalue weighted by Gasteiger charge is -2.11. The van der Waals surface area contributed by atoms with Gasteiger partial charge >= 0.3 is 6.18 Å². The standard InChI is InChI=1S/C16H16F3NO.ClH/c1-11-10-13(4-7-15(11)21-9-8-20)12-2-5-14(6-3-12)16(17,18)19;/h2-7,10H,8-9,20H2,1H3;1H. The summed E-state index contributed by atoms with van der Waals surface area (Å²) < 4.78 is 43.1. The van der Waals surface area contributed by atoms with Crippen LogP contribution in [0.2, 0.25) is 0 Å².